The fourth-order valence-electron chi connectivity index (χ4n) is 9.41. The monoisotopic (exact) mass is 728 g/mol. The van der Waals surface area contributed by atoms with Crippen molar-refractivity contribution < 1.29 is 0 Å². The van der Waals surface area contributed by atoms with Crippen molar-refractivity contribution in [3.05, 3.63) is 230 Å². The number of aromatic nitrogens is 1. The highest BCUT2D eigenvalue weighted by Gasteiger charge is 2.39. The van der Waals surface area contributed by atoms with Crippen molar-refractivity contribution >= 4 is 49.7 Å². The lowest BCUT2D eigenvalue weighted by Crippen LogP contribution is -2.35. The van der Waals surface area contributed by atoms with E-state index in [-0.39, 0.29) is 11.3 Å². The van der Waals surface area contributed by atoms with Crippen LogP contribution in [0.5, 0.6) is 0 Å². The van der Waals surface area contributed by atoms with Crippen LogP contribution in [0, 0.1) is 5.92 Å². The summed E-state index contributed by atoms with van der Waals surface area (Å²) in [6.07, 6.45) is 11.6. The molecule has 0 saturated heterocycles. The number of anilines is 2. The molecule has 0 radical (unpaired) electrons. The second-order valence-electron chi connectivity index (χ2n) is 15.5. The molecular weight excluding hydrogens is 689 g/mol. The fraction of sp³-hybridized carbons (Fsp3) is 0.0545. The summed E-state index contributed by atoms with van der Waals surface area (Å²) in [5.74, 6) is 0.216. The first-order chi connectivity index (χ1) is 28.1. The van der Waals surface area contributed by atoms with E-state index in [1.807, 2.05) is 0 Å². The molecule has 2 nitrogen and oxygen atoms in total. The maximum absolute atomic E-state index is 2.49. The minimum Gasteiger partial charge on any atom is -0.310 e. The topological polar surface area (TPSA) is 8.17 Å². The molecule has 2 atom stereocenters. The first-order valence-electron chi connectivity index (χ1n) is 19.9. The second kappa shape index (κ2) is 13.3. The molecule has 11 rings (SSSR count). The summed E-state index contributed by atoms with van der Waals surface area (Å²) in [5.41, 5.74) is 14.3. The van der Waals surface area contributed by atoms with Crippen LogP contribution in [0.1, 0.15) is 18.1 Å². The van der Waals surface area contributed by atoms with Crippen LogP contribution in [0.4, 0.5) is 11.4 Å². The van der Waals surface area contributed by atoms with Gasteiger partial charge < -0.3 is 9.47 Å². The number of allylic oxidation sites excluding steroid dienone is 5. The van der Waals surface area contributed by atoms with Crippen molar-refractivity contribution in [2.45, 2.75) is 12.3 Å². The lowest BCUT2D eigenvalue weighted by Gasteiger charge is -2.42. The van der Waals surface area contributed by atoms with Crippen LogP contribution in [0.15, 0.2) is 218 Å². The van der Waals surface area contributed by atoms with Gasteiger partial charge in [0.2, 0.25) is 0 Å². The number of rotatable bonds is 6. The molecule has 2 heteroatoms. The first-order valence-corrected chi connectivity index (χ1v) is 19.9. The molecule has 0 spiro atoms. The summed E-state index contributed by atoms with van der Waals surface area (Å²) in [6, 6.07) is 68.8. The van der Waals surface area contributed by atoms with Gasteiger partial charge in [-0.05, 0) is 93.2 Å². The minimum absolute atomic E-state index is 0.120. The summed E-state index contributed by atoms with van der Waals surface area (Å²) >= 11 is 0. The Morgan fingerprint density at radius 2 is 1.23 bits per heavy atom. The predicted octanol–water partition coefficient (Wildman–Crippen LogP) is 14.5. The summed E-state index contributed by atoms with van der Waals surface area (Å²) < 4.78 is 2.40. The fourth-order valence-corrected chi connectivity index (χ4v) is 9.41. The molecule has 8 aromatic carbocycles. The number of nitrogens with zero attached hydrogens (tertiary/aromatic N) is 2. The molecule has 1 aromatic heterocycles. The average Bonchev–Trinajstić information content (AvgIpc) is 3.62. The van der Waals surface area contributed by atoms with E-state index in [0.717, 1.165) is 17.1 Å². The Bertz CT molecular complexity index is 3090. The van der Waals surface area contributed by atoms with Gasteiger partial charge in [0.15, 0.2) is 0 Å². The van der Waals surface area contributed by atoms with Gasteiger partial charge in [0.1, 0.15) is 0 Å². The van der Waals surface area contributed by atoms with E-state index >= 15 is 0 Å². The Morgan fingerprint density at radius 1 is 0.509 bits per heavy atom. The van der Waals surface area contributed by atoms with Crippen molar-refractivity contribution in [3.8, 4) is 27.9 Å². The molecule has 2 aliphatic rings. The minimum atomic E-state index is -0.120. The maximum atomic E-state index is 2.49. The van der Waals surface area contributed by atoms with Crippen molar-refractivity contribution in [3.63, 3.8) is 0 Å². The highest BCUT2D eigenvalue weighted by Crippen LogP contribution is 2.50. The number of hydrogen-bond acceptors (Lipinski definition) is 1. The quantitative estimate of drug-likeness (QED) is 0.165. The van der Waals surface area contributed by atoms with E-state index in [1.54, 1.807) is 0 Å². The lowest BCUT2D eigenvalue weighted by atomic mass is 9.64. The van der Waals surface area contributed by atoms with Crippen LogP contribution in [-0.4, -0.2) is 4.57 Å². The Balaban J connectivity index is 1.10. The van der Waals surface area contributed by atoms with Crippen LogP contribution < -0.4 is 4.90 Å². The molecule has 2 aliphatic carbocycles. The normalized spacial score (nSPS) is 17.1. The number of para-hydroxylation sites is 2. The van der Waals surface area contributed by atoms with Gasteiger partial charge in [-0.3, -0.25) is 0 Å². The van der Waals surface area contributed by atoms with Gasteiger partial charge in [-0.2, -0.15) is 0 Å². The highest BCUT2D eigenvalue weighted by atomic mass is 15.2. The summed E-state index contributed by atoms with van der Waals surface area (Å²) in [7, 11) is 0. The van der Waals surface area contributed by atoms with Crippen LogP contribution in [0.2, 0.25) is 0 Å². The third-order valence-corrected chi connectivity index (χ3v) is 12.3. The zero-order chi connectivity index (χ0) is 37.9. The molecule has 270 valence electrons. The van der Waals surface area contributed by atoms with E-state index in [2.05, 4.69) is 235 Å². The molecule has 1 heterocycles. The third-order valence-electron chi connectivity index (χ3n) is 12.3. The average molecular weight is 729 g/mol. The molecule has 0 amide bonds. The summed E-state index contributed by atoms with van der Waals surface area (Å²) in [6.45, 7) is 2.37. The van der Waals surface area contributed by atoms with E-state index in [1.165, 1.54) is 71.7 Å². The van der Waals surface area contributed by atoms with Gasteiger partial charge in [0, 0.05) is 44.7 Å². The lowest BCUT2D eigenvalue weighted by molar-refractivity contribution is 0.490. The Morgan fingerprint density at radius 3 is 2.12 bits per heavy atom. The SMILES string of the molecule is CC12C=CC=CC1C=C(N(c1ccc(-c3ccc4ccccc4c3)cc1)c1cccc(-c3cccc4c3c3ccccc3n4-c3ccccc3)c1)c1ccccc12. The third kappa shape index (κ3) is 5.40. The van der Waals surface area contributed by atoms with Gasteiger partial charge in [0.05, 0.1) is 16.7 Å². The molecular formula is C55H40N2. The van der Waals surface area contributed by atoms with Gasteiger partial charge >= 0.3 is 0 Å². The first kappa shape index (κ1) is 33.2. The molecule has 0 saturated carbocycles. The van der Waals surface area contributed by atoms with Gasteiger partial charge in [-0.25, -0.2) is 0 Å². The van der Waals surface area contributed by atoms with Crippen molar-refractivity contribution in [1.82, 2.24) is 4.57 Å². The molecule has 9 aromatic rings. The Kier molecular flexibility index (Phi) is 7.72. The van der Waals surface area contributed by atoms with E-state index in [4.69, 9.17) is 0 Å². The van der Waals surface area contributed by atoms with E-state index < -0.39 is 0 Å². The van der Waals surface area contributed by atoms with Crippen LogP contribution in [-0.2, 0) is 5.41 Å². The molecule has 57 heavy (non-hydrogen) atoms. The zero-order valence-electron chi connectivity index (χ0n) is 31.8. The molecule has 2 unspecified atom stereocenters. The summed E-state index contributed by atoms with van der Waals surface area (Å²) in [5, 5.41) is 5.02. The van der Waals surface area contributed by atoms with E-state index in [0.29, 0.717) is 0 Å². The molecule has 0 N–H and O–H groups in total. The highest BCUT2D eigenvalue weighted by molar-refractivity contribution is 6.16. The van der Waals surface area contributed by atoms with Crippen molar-refractivity contribution in [2.75, 3.05) is 4.90 Å². The second-order valence-corrected chi connectivity index (χ2v) is 15.5. The number of hydrogen-bond donors (Lipinski definition) is 0. The largest absolute Gasteiger partial charge is 0.310 e. The van der Waals surface area contributed by atoms with Crippen LogP contribution >= 0.6 is 0 Å². The van der Waals surface area contributed by atoms with Crippen LogP contribution in [0.25, 0.3) is 66.2 Å². The van der Waals surface area contributed by atoms with Gasteiger partial charge in [-0.15, -0.1) is 0 Å². The Labute approximate surface area is 333 Å². The molecule has 0 bridgehead atoms. The van der Waals surface area contributed by atoms with E-state index in [9.17, 15) is 0 Å². The standard InChI is InChI=1S/C55H40N2/c1-55-34-12-11-18-43(55)37-53(48-22-7-9-25-50(48)55)56(45-32-30-39(31-33-45)41-29-28-38-15-5-6-16-40(38)35-41)46-21-13-17-42(36-46)47-24-14-27-52-54(47)49-23-8-10-26-51(49)57(52)44-19-3-2-4-20-44/h2-37,43H,1H3. The number of fused-ring (bicyclic) bond motifs is 7. The smallest absolute Gasteiger partial charge is 0.0547 e. The van der Waals surface area contributed by atoms with Crippen molar-refractivity contribution in [1.29, 1.82) is 0 Å². The maximum Gasteiger partial charge on any atom is 0.0547 e. The van der Waals surface area contributed by atoms with Crippen LogP contribution in [0.3, 0.4) is 0 Å². The zero-order valence-corrected chi connectivity index (χ0v) is 31.8. The molecule has 0 aliphatic heterocycles. The van der Waals surface area contributed by atoms with Crippen molar-refractivity contribution in [2.24, 2.45) is 5.92 Å². The Hall–Kier alpha value is -7.16. The predicted molar refractivity (Wildman–Crippen MR) is 241 cm³/mol. The van der Waals surface area contributed by atoms with Gasteiger partial charge in [-0.1, -0.05) is 171 Å². The summed E-state index contributed by atoms with van der Waals surface area (Å²) in [4.78, 5) is 2.48. The molecule has 0 fully saturated rings. The number of benzene rings is 8. The van der Waals surface area contributed by atoms with Gasteiger partial charge in [0.25, 0.3) is 0 Å².